The predicted molar refractivity (Wildman–Crippen MR) is 225 cm³/mol. The summed E-state index contributed by atoms with van der Waals surface area (Å²) in [7, 11) is -3.50. The van der Waals surface area contributed by atoms with Gasteiger partial charge < -0.3 is 37.0 Å². The smallest absolute Gasteiger partial charge is 0.492 e. The molecule has 270 valence electrons. The molecular weight excluding hydrogens is 713 g/mol. The molecule has 13 heteroatoms. The van der Waals surface area contributed by atoms with Crippen LogP contribution < -0.4 is 32.5 Å². The Hall–Kier alpha value is -4.26. The maximum atomic E-state index is 6.83. The molecule has 0 spiro atoms. The van der Waals surface area contributed by atoms with E-state index in [2.05, 4.69) is 0 Å². The molecule has 0 heterocycles. The highest BCUT2D eigenvalue weighted by atomic mass is 28.4. The van der Waals surface area contributed by atoms with E-state index in [1.165, 1.54) is 0 Å². The van der Waals surface area contributed by atoms with Crippen molar-refractivity contribution in [3.63, 3.8) is 0 Å². The first-order valence-electron chi connectivity index (χ1n) is 15.3. The third kappa shape index (κ3) is 11.4. The van der Waals surface area contributed by atoms with Crippen molar-refractivity contribution in [3.8, 4) is 57.5 Å². The van der Waals surface area contributed by atoms with Gasteiger partial charge in [-0.2, -0.15) is 0 Å². The van der Waals surface area contributed by atoms with Gasteiger partial charge in [-0.3, -0.25) is 0 Å². The zero-order valence-corrected chi connectivity index (χ0v) is 27.4. The van der Waals surface area contributed by atoms with E-state index < -0.39 is 8.80 Å². The van der Waals surface area contributed by atoms with Crippen LogP contribution in [0, 0.1) is 0 Å². The zero-order valence-electron chi connectivity index (χ0n) is 26.4. The molecule has 1 unspecified atom stereocenters. The summed E-state index contributed by atoms with van der Waals surface area (Å²) < 4.78 is 51.9. The van der Waals surface area contributed by atoms with Gasteiger partial charge in [0.15, 0.2) is 0 Å². The Morgan fingerprint density at radius 1 is 0.380 bits per heavy atom. The Balaban J connectivity index is 0.00000312. The minimum Gasteiger partial charge on any atom is -0.492 e. The second kappa shape index (κ2) is 21.7. The molecule has 5 aromatic carbocycles. The molecular formula is C37H54O8Si5. The second-order valence-corrected chi connectivity index (χ2v) is 12.3. The van der Waals surface area contributed by atoms with Crippen LogP contribution in [0.4, 0.5) is 0 Å². The van der Waals surface area contributed by atoms with Crippen LogP contribution in [0.3, 0.4) is 0 Å². The van der Waals surface area contributed by atoms with Gasteiger partial charge in [-0.05, 0) is 113 Å². The molecule has 0 N–H and O–H groups in total. The molecule has 50 heavy (non-hydrogen) atoms. The largest absolute Gasteiger partial charge is 0.629 e. The van der Waals surface area contributed by atoms with Crippen molar-refractivity contribution in [2.75, 3.05) is 19.8 Å². The molecule has 0 amide bonds. The van der Waals surface area contributed by atoms with Crippen LogP contribution in [-0.4, -0.2) is 72.5 Å². The van der Waals surface area contributed by atoms with E-state index in [1.54, 1.807) is 0 Å². The van der Waals surface area contributed by atoms with Crippen molar-refractivity contribution < 1.29 is 37.0 Å². The quantitative estimate of drug-likeness (QED) is 0.139. The van der Waals surface area contributed by atoms with Crippen LogP contribution in [0.2, 0.25) is 6.55 Å². The molecule has 0 radical (unpaired) electrons. The Kier molecular flexibility index (Phi) is 19.0. The summed E-state index contributed by atoms with van der Waals surface area (Å²) in [4.78, 5) is 0. The van der Waals surface area contributed by atoms with Crippen LogP contribution >= 0.6 is 0 Å². The molecule has 0 aromatic heterocycles. The Morgan fingerprint density at radius 3 is 1.06 bits per heavy atom. The van der Waals surface area contributed by atoms with Crippen molar-refractivity contribution in [3.05, 3.63) is 121 Å². The van der Waals surface area contributed by atoms with E-state index in [0.717, 1.165) is 0 Å². The van der Waals surface area contributed by atoms with Crippen molar-refractivity contribution in [2.24, 2.45) is 0 Å². The summed E-state index contributed by atoms with van der Waals surface area (Å²) in [5.41, 5.74) is 0. The second-order valence-electron chi connectivity index (χ2n) is 9.90. The summed E-state index contributed by atoms with van der Waals surface area (Å²) in [6, 6.07) is 37.5. The number of rotatable bonds is 16. The highest BCUT2D eigenvalue weighted by Gasteiger charge is 2.44. The van der Waals surface area contributed by atoms with Gasteiger partial charge in [0.05, 0.1) is 13.2 Å². The first-order valence-corrected chi connectivity index (χ1v) is 17.5. The van der Waals surface area contributed by atoms with Crippen LogP contribution in [0.25, 0.3) is 0 Å². The van der Waals surface area contributed by atoms with Crippen LogP contribution in [-0.2, 0) is 4.43 Å². The van der Waals surface area contributed by atoms with Gasteiger partial charge in [-0.25, -0.2) is 0 Å². The monoisotopic (exact) mass is 766 g/mol. The molecule has 0 saturated carbocycles. The van der Waals surface area contributed by atoms with E-state index in [-0.39, 0.29) is 85.0 Å². The summed E-state index contributed by atoms with van der Waals surface area (Å²) >= 11 is 0. The highest BCUT2D eigenvalue weighted by molar-refractivity contribution is 6.60. The maximum Gasteiger partial charge on any atom is 0.629 e. The third-order valence-electron chi connectivity index (χ3n) is 6.44. The molecule has 1 atom stereocenters. The summed E-state index contributed by atoms with van der Waals surface area (Å²) in [5.74, 6) is 3.64. The summed E-state index contributed by atoms with van der Waals surface area (Å²) in [6.45, 7) is 8.40. The number of hydrogen-bond acceptors (Lipinski definition) is 8. The fraction of sp³-hybridized carbons (Fsp3) is 0.189. The molecule has 5 aromatic rings. The van der Waals surface area contributed by atoms with Crippen LogP contribution in [0.15, 0.2) is 121 Å². The van der Waals surface area contributed by atoms with E-state index in [4.69, 9.17) is 37.0 Å². The topological polar surface area (TPSA) is 73.8 Å². The minimum absolute atomic E-state index is 0. The van der Waals surface area contributed by atoms with Gasteiger partial charge in [-0.1, -0.05) is 72.8 Å². The number of hydrogen-bond donors (Lipinski definition) is 0. The van der Waals surface area contributed by atoms with E-state index in [9.17, 15) is 0 Å². The van der Waals surface area contributed by atoms with Gasteiger partial charge in [0.1, 0.15) is 23.0 Å². The lowest BCUT2D eigenvalue weighted by Gasteiger charge is -2.30. The Labute approximate surface area is 314 Å². The average molecular weight is 767 g/mol. The average Bonchev–Trinajstić information content (AvgIpc) is 3.08. The van der Waals surface area contributed by atoms with Crippen molar-refractivity contribution >= 4 is 52.7 Å². The first kappa shape index (κ1) is 43.8. The van der Waals surface area contributed by atoms with E-state index >= 15 is 0 Å². The third-order valence-corrected chi connectivity index (χ3v) is 8.44. The van der Waals surface area contributed by atoms with Crippen molar-refractivity contribution in [1.82, 2.24) is 0 Å². The minimum atomic E-state index is -3.50. The molecule has 8 nitrogen and oxygen atoms in total. The fourth-order valence-corrected chi connectivity index (χ4v) is 6.39. The number of para-hydroxylation sites is 4. The lowest BCUT2D eigenvalue weighted by atomic mass is 10.2. The number of ether oxygens (including phenoxy) is 5. The van der Waals surface area contributed by atoms with E-state index in [1.807, 2.05) is 149 Å². The molecule has 0 aliphatic carbocycles. The highest BCUT2D eigenvalue weighted by Crippen LogP contribution is 2.61. The maximum absolute atomic E-state index is 6.83. The van der Waals surface area contributed by atoms with Crippen LogP contribution in [0.5, 0.6) is 57.5 Å². The summed E-state index contributed by atoms with van der Waals surface area (Å²) in [5, 5.41) is 0. The Bertz CT molecular complexity index is 1670. The molecule has 0 aliphatic heterocycles. The lowest BCUT2D eigenvalue weighted by molar-refractivity contribution is 0.173. The van der Waals surface area contributed by atoms with Gasteiger partial charge in [0, 0.05) is 13.2 Å². The van der Waals surface area contributed by atoms with Crippen LogP contribution in [0.1, 0.15) is 20.8 Å². The zero-order chi connectivity index (χ0) is 32.2. The molecule has 0 fully saturated rings. The summed E-state index contributed by atoms with van der Waals surface area (Å²) in [6.07, 6.45) is 0. The predicted octanol–water partition coefficient (Wildman–Crippen LogP) is 4.12. The van der Waals surface area contributed by atoms with Gasteiger partial charge >= 0.3 is 8.80 Å². The first-order chi connectivity index (χ1) is 22.5. The Morgan fingerprint density at radius 2 is 0.700 bits per heavy atom. The molecule has 0 saturated heterocycles. The molecule has 0 aliphatic rings. The molecule has 5 rings (SSSR count). The van der Waals surface area contributed by atoms with E-state index in [0.29, 0.717) is 36.2 Å². The number of benzene rings is 5. The normalized spacial score (nSPS) is 11.0. The SMILES string of the molecule is CCOc1c(OCC)c(O[Si](C)(OCC)Oc2ccccc2)c(Oc2ccccc2)c(Oc2ccccc2)c1Oc1ccccc1.[SiH4].[SiH4].[SiH4].[SiH4]. The van der Waals surface area contributed by atoms with Crippen molar-refractivity contribution in [2.45, 2.75) is 27.3 Å². The van der Waals surface area contributed by atoms with Crippen molar-refractivity contribution in [1.29, 1.82) is 0 Å². The van der Waals surface area contributed by atoms with Gasteiger partial charge in [-0.15, -0.1) is 0 Å². The molecule has 0 bridgehead atoms. The van der Waals surface area contributed by atoms with Gasteiger partial charge in [0.25, 0.3) is 0 Å². The lowest BCUT2D eigenvalue weighted by Crippen LogP contribution is -2.49. The standard InChI is InChI=1S/C37H38O8Si.4H4Si/c1-5-38-32-33(39-6-2)37(45-46(4,40-7-3)44-31-26-18-11-19-27-31)36(43-30-24-16-10-17-25-30)35(42-29-22-14-9-15-23-29)34(32)41-28-20-12-8-13-21-28;;;;/h8-27H,5-7H2,1-4H3;4*1H4. The van der Waals surface area contributed by atoms with Gasteiger partial charge in [0.2, 0.25) is 34.5 Å². The fourth-order valence-electron chi connectivity index (χ4n) is 4.59.